The Bertz CT molecular complexity index is 1160. The molecule has 196 valence electrons. The summed E-state index contributed by atoms with van der Waals surface area (Å²) in [6.45, 7) is 5.27. The second kappa shape index (κ2) is 12.1. The van der Waals surface area contributed by atoms with Gasteiger partial charge in [-0.05, 0) is 61.9 Å². The van der Waals surface area contributed by atoms with Crippen molar-refractivity contribution in [2.24, 2.45) is 0 Å². The Kier molecular flexibility index (Phi) is 9.41. The van der Waals surface area contributed by atoms with Crippen molar-refractivity contribution in [3.05, 3.63) is 64.2 Å². The lowest BCUT2D eigenvalue weighted by Gasteiger charge is -2.34. The zero-order valence-electron chi connectivity index (χ0n) is 21.5. The van der Waals surface area contributed by atoms with Gasteiger partial charge in [0.15, 0.2) is 0 Å². The van der Waals surface area contributed by atoms with Crippen LogP contribution in [0.25, 0.3) is 0 Å². The normalized spacial score (nSPS) is 14.9. The molecule has 3 rings (SSSR count). The molecule has 1 fully saturated rings. The lowest BCUT2D eigenvalue weighted by molar-refractivity contribution is -0.140. The van der Waals surface area contributed by atoms with Crippen molar-refractivity contribution in [3.8, 4) is 0 Å². The Morgan fingerprint density at radius 3 is 2.17 bits per heavy atom. The summed E-state index contributed by atoms with van der Waals surface area (Å²) < 4.78 is 26.9. The van der Waals surface area contributed by atoms with Gasteiger partial charge in [0.2, 0.25) is 21.8 Å². The molecule has 36 heavy (non-hydrogen) atoms. The first-order chi connectivity index (χ1) is 17.0. The van der Waals surface area contributed by atoms with Gasteiger partial charge in [-0.3, -0.25) is 13.9 Å². The van der Waals surface area contributed by atoms with Gasteiger partial charge in [-0.1, -0.05) is 61.7 Å². The number of halogens is 1. The number of nitrogens with zero attached hydrogens (tertiary/aromatic N) is 2. The topological polar surface area (TPSA) is 86.8 Å². The van der Waals surface area contributed by atoms with Gasteiger partial charge in [-0.25, -0.2) is 8.42 Å². The third-order valence-corrected chi connectivity index (χ3v) is 8.09. The molecule has 2 aromatic carbocycles. The van der Waals surface area contributed by atoms with Crippen LogP contribution in [0, 0.1) is 13.8 Å². The summed E-state index contributed by atoms with van der Waals surface area (Å²) in [5.41, 5.74) is 2.80. The maximum absolute atomic E-state index is 13.8. The van der Waals surface area contributed by atoms with Crippen molar-refractivity contribution in [3.63, 3.8) is 0 Å². The summed E-state index contributed by atoms with van der Waals surface area (Å²) in [5, 5.41) is 3.68. The van der Waals surface area contributed by atoms with Crippen molar-refractivity contribution < 1.29 is 18.0 Å². The average Bonchev–Trinajstić information content (AvgIpc) is 3.31. The Morgan fingerprint density at radius 1 is 1.06 bits per heavy atom. The number of rotatable bonds is 10. The van der Waals surface area contributed by atoms with E-state index in [0.29, 0.717) is 17.1 Å². The van der Waals surface area contributed by atoms with E-state index < -0.39 is 28.5 Å². The Labute approximate surface area is 219 Å². The number of para-hydroxylation sites is 1. The molecule has 7 nitrogen and oxygen atoms in total. The highest BCUT2D eigenvalue weighted by Crippen LogP contribution is 2.27. The van der Waals surface area contributed by atoms with Crippen molar-refractivity contribution in [1.82, 2.24) is 10.2 Å². The van der Waals surface area contributed by atoms with Crippen molar-refractivity contribution in [2.75, 3.05) is 17.1 Å². The molecule has 2 aromatic rings. The van der Waals surface area contributed by atoms with Gasteiger partial charge in [-0.2, -0.15) is 0 Å². The number of aryl methyl sites for hydroxylation is 2. The first-order valence-electron chi connectivity index (χ1n) is 12.4. The van der Waals surface area contributed by atoms with E-state index in [1.165, 1.54) is 4.90 Å². The minimum Gasteiger partial charge on any atom is -0.352 e. The number of hydrogen-bond donors (Lipinski definition) is 1. The van der Waals surface area contributed by atoms with Crippen LogP contribution in [0.1, 0.15) is 55.7 Å². The van der Waals surface area contributed by atoms with Crippen LogP contribution in [-0.2, 0) is 26.2 Å². The van der Waals surface area contributed by atoms with Crippen LogP contribution < -0.4 is 9.62 Å². The summed E-state index contributed by atoms with van der Waals surface area (Å²) in [7, 11) is -3.77. The largest absolute Gasteiger partial charge is 0.352 e. The maximum atomic E-state index is 13.8. The van der Waals surface area contributed by atoms with Crippen LogP contribution in [0.5, 0.6) is 0 Å². The van der Waals surface area contributed by atoms with E-state index in [1.807, 2.05) is 51.1 Å². The van der Waals surface area contributed by atoms with Gasteiger partial charge in [0.1, 0.15) is 12.6 Å². The number of carbonyl (C=O) groups excluding carboxylic acids is 2. The molecule has 0 spiro atoms. The molecule has 0 bridgehead atoms. The van der Waals surface area contributed by atoms with Gasteiger partial charge < -0.3 is 10.2 Å². The molecule has 1 N–H and O–H groups in total. The fourth-order valence-electron chi connectivity index (χ4n) is 4.85. The smallest absolute Gasteiger partial charge is 0.244 e. The molecule has 9 heteroatoms. The third kappa shape index (κ3) is 7.01. The highest BCUT2D eigenvalue weighted by Gasteiger charge is 2.33. The Hall–Kier alpha value is -2.58. The second-order valence-electron chi connectivity index (χ2n) is 9.57. The van der Waals surface area contributed by atoms with Crippen LogP contribution in [0.4, 0.5) is 5.69 Å². The molecule has 1 aliphatic carbocycles. The molecule has 1 aliphatic rings. The number of carbonyl (C=O) groups is 2. The number of benzene rings is 2. The first-order valence-corrected chi connectivity index (χ1v) is 14.6. The third-order valence-electron chi connectivity index (χ3n) is 6.72. The van der Waals surface area contributed by atoms with E-state index in [-0.39, 0.29) is 18.5 Å². The maximum Gasteiger partial charge on any atom is 0.244 e. The van der Waals surface area contributed by atoms with Gasteiger partial charge in [0.05, 0.1) is 11.9 Å². The predicted octanol–water partition coefficient (Wildman–Crippen LogP) is 4.59. The lowest BCUT2D eigenvalue weighted by Crippen LogP contribution is -2.53. The molecular formula is C27H36ClN3O4S. The van der Waals surface area contributed by atoms with Crippen LogP contribution in [0.3, 0.4) is 0 Å². The highest BCUT2D eigenvalue weighted by molar-refractivity contribution is 7.92. The molecule has 0 aromatic heterocycles. The van der Waals surface area contributed by atoms with E-state index in [4.69, 9.17) is 11.6 Å². The van der Waals surface area contributed by atoms with Crippen molar-refractivity contribution in [2.45, 2.75) is 71.5 Å². The van der Waals surface area contributed by atoms with E-state index in [9.17, 15) is 18.0 Å². The molecule has 2 amide bonds. The zero-order chi connectivity index (χ0) is 26.5. The molecular weight excluding hydrogens is 498 g/mol. The highest BCUT2D eigenvalue weighted by atomic mass is 35.5. The minimum atomic E-state index is -3.77. The first kappa shape index (κ1) is 28.0. The van der Waals surface area contributed by atoms with E-state index >= 15 is 0 Å². The summed E-state index contributed by atoms with van der Waals surface area (Å²) in [4.78, 5) is 28.6. The van der Waals surface area contributed by atoms with Crippen molar-refractivity contribution >= 4 is 39.1 Å². The van der Waals surface area contributed by atoms with Crippen LogP contribution in [0.2, 0.25) is 5.02 Å². The second-order valence-corrected chi connectivity index (χ2v) is 11.9. The molecule has 0 aliphatic heterocycles. The van der Waals surface area contributed by atoms with Gasteiger partial charge in [0, 0.05) is 17.6 Å². The molecule has 1 saturated carbocycles. The summed E-state index contributed by atoms with van der Waals surface area (Å²) >= 11 is 6.04. The quantitative estimate of drug-likeness (QED) is 0.484. The number of nitrogens with one attached hydrogen (secondary N) is 1. The van der Waals surface area contributed by atoms with Crippen LogP contribution >= 0.6 is 11.6 Å². The summed E-state index contributed by atoms with van der Waals surface area (Å²) in [5.74, 6) is -0.642. The number of anilines is 1. The fraction of sp³-hybridized carbons (Fsp3) is 0.481. The Morgan fingerprint density at radius 2 is 1.64 bits per heavy atom. The van der Waals surface area contributed by atoms with Crippen LogP contribution in [0.15, 0.2) is 42.5 Å². The Balaban J connectivity index is 1.95. The minimum absolute atomic E-state index is 0.112. The fourth-order valence-corrected chi connectivity index (χ4v) is 5.94. The summed E-state index contributed by atoms with van der Waals surface area (Å²) in [6.07, 6.45) is 5.52. The molecule has 1 atom stereocenters. The standard InChI is InChI=1S/C27H36ClN3O4S/c1-5-24(27(33)29-23-11-6-7-12-23)30(17-21-13-15-22(28)16-14-21)25(32)18-31(36(4,34)35)26-19(2)9-8-10-20(26)3/h8-10,13-16,23-24H,5-7,11-12,17-18H2,1-4H3,(H,29,33)/t24-/m0/s1. The number of sulfonamides is 1. The van der Waals surface area contributed by atoms with Crippen LogP contribution in [-0.4, -0.2) is 50.0 Å². The number of hydrogen-bond acceptors (Lipinski definition) is 4. The van der Waals surface area contributed by atoms with Gasteiger partial charge in [-0.15, -0.1) is 0 Å². The average molecular weight is 534 g/mol. The lowest BCUT2D eigenvalue weighted by atomic mass is 10.1. The molecule has 0 saturated heterocycles. The number of amides is 2. The molecule has 0 radical (unpaired) electrons. The zero-order valence-corrected chi connectivity index (χ0v) is 23.0. The van der Waals surface area contributed by atoms with Crippen molar-refractivity contribution in [1.29, 1.82) is 0 Å². The molecule has 0 heterocycles. The van der Waals surface area contributed by atoms with E-state index in [1.54, 1.807) is 12.1 Å². The van der Waals surface area contributed by atoms with Gasteiger partial charge in [0.25, 0.3) is 0 Å². The molecule has 0 unspecified atom stereocenters. The monoisotopic (exact) mass is 533 g/mol. The van der Waals surface area contributed by atoms with Gasteiger partial charge >= 0.3 is 0 Å². The SMILES string of the molecule is CC[C@@H](C(=O)NC1CCCC1)N(Cc1ccc(Cl)cc1)C(=O)CN(c1c(C)cccc1C)S(C)(=O)=O. The predicted molar refractivity (Wildman–Crippen MR) is 145 cm³/mol. The van der Waals surface area contributed by atoms with E-state index in [0.717, 1.165) is 52.9 Å². The van der Waals surface area contributed by atoms with E-state index in [2.05, 4.69) is 5.32 Å². The summed E-state index contributed by atoms with van der Waals surface area (Å²) in [6, 6.07) is 12.0.